The molecule has 0 aliphatic heterocycles. The van der Waals surface area contributed by atoms with Crippen molar-refractivity contribution in [1.82, 2.24) is 15.5 Å². The Bertz CT molecular complexity index is 593. The lowest BCUT2D eigenvalue weighted by Crippen LogP contribution is -2.33. The Kier molecular flexibility index (Phi) is 4.70. The minimum absolute atomic E-state index is 0.136. The zero-order valence-corrected chi connectivity index (χ0v) is 12.9. The van der Waals surface area contributed by atoms with Gasteiger partial charge in [-0.1, -0.05) is 19.8 Å². The first-order chi connectivity index (χ1) is 9.43. The number of H-pyrrole nitrogens is 1. The lowest BCUT2D eigenvalue weighted by atomic mass is 9.85. The molecule has 0 aromatic carbocycles. The van der Waals surface area contributed by atoms with E-state index in [-0.39, 0.29) is 10.6 Å². The van der Waals surface area contributed by atoms with Crippen LogP contribution in [0.2, 0.25) is 0 Å². The third kappa shape index (κ3) is 3.32. The molecule has 1 aromatic rings. The van der Waals surface area contributed by atoms with Crippen LogP contribution in [0.4, 0.5) is 0 Å². The van der Waals surface area contributed by atoms with Crippen molar-refractivity contribution in [2.24, 2.45) is 5.92 Å². The third-order valence-electron chi connectivity index (χ3n) is 3.53. The summed E-state index contributed by atoms with van der Waals surface area (Å²) < 4.78 is 23.3. The molecule has 2 rings (SSSR count). The molecule has 0 radical (unpaired) electrons. The lowest BCUT2D eigenvalue weighted by molar-refractivity contribution is 0.0930. The fourth-order valence-electron chi connectivity index (χ4n) is 2.22. The molecule has 0 spiro atoms. The minimum Gasteiger partial charge on any atom is -0.350 e. The molecule has 1 amide bonds. The largest absolute Gasteiger partial charge is 0.350 e. The smallest absolute Gasteiger partial charge is 0.273 e. The van der Waals surface area contributed by atoms with Gasteiger partial charge in [-0.25, -0.2) is 8.42 Å². The van der Waals surface area contributed by atoms with Crippen molar-refractivity contribution < 1.29 is 13.2 Å². The van der Waals surface area contributed by atoms with Gasteiger partial charge < -0.3 is 5.32 Å². The van der Waals surface area contributed by atoms with E-state index in [1.54, 1.807) is 0 Å². The summed E-state index contributed by atoms with van der Waals surface area (Å²) in [6.45, 7) is 2.46. The summed E-state index contributed by atoms with van der Waals surface area (Å²) in [4.78, 5) is 11.9. The van der Waals surface area contributed by atoms with Gasteiger partial charge in [0.1, 0.15) is 4.90 Å². The average Bonchev–Trinajstić information content (AvgIpc) is 2.71. The van der Waals surface area contributed by atoms with E-state index in [1.807, 2.05) is 6.92 Å². The summed E-state index contributed by atoms with van der Waals surface area (Å²) in [5.74, 6) is -0.00112. The number of aromatic nitrogens is 2. The molecule has 20 heavy (non-hydrogen) atoms. The molecule has 1 aliphatic rings. The second-order valence-electron chi connectivity index (χ2n) is 5.07. The maximum Gasteiger partial charge on any atom is 0.273 e. The van der Waals surface area contributed by atoms with E-state index in [1.165, 1.54) is 6.42 Å². The van der Waals surface area contributed by atoms with Crippen LogP contribution < -0.4 is 5.32 Å². The number of aryl methyl sites for hydroxylation is 1. The summed E-state index contributed by atoms with van der Waals surface area (Å²) in [5.41, 5.74) is 0.249. The second kappa shape index (κ2) is 6.13. The van der Waals surface area contributed by atoms with Gasteiger partial charge in [-0.05, 0) is 25.2 Å². The van der Waals surface area contributed by atoms with Crippen LogP contribution in [-0.2, 0) is 15.5 Å². The molecule has 1 aliphatic carbocycles. The summed E-state index contributed by atoms with van der Waals surface area (Å²) in [5, 5.41) is 9.15. The van der Waals surface area contributed by atoms with Gasteiger partial charge >= 0.3 is 0 Å². The first-order valence-electron chi connectivity index (χ1n) is 6.73. The fourth-order valence-corrected chi connectivity index (χ4v) is 3.53. The highest BCUT2D eigenvalue weighted by molar-refractivity contribution is 8.13. The summed E-state index contributed by atoms with van der Waals surface area (Å²) >= 11 is 0. The van der Waals surface area contributed by atoms with Crippen molar-refractivity contribution >= 4 is 25.6 Å². The van der Waals surface area contributed by atoms with Crippen molar-refractivity contribution in [3.05, 3.63) is 11.4 Å². The van der Waals surface area contributed by atoms with E-state index in [0.717, 1.165) is 19.3 Å². The molecule has 8 heteroatoms. The molecule has 2 N–H and O–H groups in total. The van der Waals surface area contributed by atoms with E-state index < -0.39 is 15.0 Å². The van der Waals surface area contributed by atoms with Gasteiger partial charge in [0.25, 0.3) is 15.0 Å². The number of halogens is 1. The Balaban J connectivity index is 2.19. The predicted molar refractivity (Wildman–Crippen MR) is 75.3 cm³/mol. The first kappa shape index (κ1) is 15.3. The Morgan fingerprint density at radius 2 is 2.20 bits per heavy atom. The molecular weight excluding hydrogens is 302 g/mol. The van der Waals surface area contributed by atoms with Crippen LogP contribution in [0.15, 0.2) is 4.90 Å². The number of aromatic amines is 1. The number of hydrogen-bond acceptors (Lipinski definition) is 4. The van der Waals surface area contributed by atoms with Gasteiger partial charge in [0.15, 0.2) is 5.69 Å². The Morgan fingerprint density at radius 3 is 2.70 bits per heavy atom. The average molecular weight is 320 g/mol. The predicted octanol–water partition coefficient (Wildman–Crippen LogP) is 1.82. The minimum atomic E-state index is -4.00. The molecule has 0 atom stereocenters. The lowest BCUT2D eigenvalue weighted by Gasteiger charge is -2.25. The maximum atomic E-state index is 12.1. The zero-order valence-electron chi connectivity index (χ0n) is 11.3. The number of carbonyl (C=O) groups excluding carboxylic acids is 1. The highest BCUT2D eigenvalue weighted by atomic mass is 35.7. The van der Waals surface area contributed by atoms with Crippen molar-refractivity contribution in [2.75, 3.05) is 6.54 Å². The van der Waals surface area contributed by atoms with E-state index in [0.29, 0.717) is 24.6 Å². The number of nitrogens with zero attached hydrogens (tertiary/aromatic N) is 1. The Labute approximate surface area is 122 Å². The van der Waals surface area contributed by atoms with E-state index in [9.17, 15) is 13.2 Å². The standard InChI is InChI=1S/C12H18ClN3O3S/c1-2-4-9-11(20(13,18)19)10(16-15-9)12(17)14-7-8-5-3-6-8/h8H,2-7H2,1H3,(H,14,17)(H,15,16). The topological polar surface area (TPSA) is 91.9 Å². The third-order valence-corrected chi connectivity index (χ3v) is 4.92. The van der Waals surface area contributed by atoms with Gasteiger partial charge in [-0.15, -0.1) is 0 Å². The van der Waals surface area contributed by atoms with Gasteiger partial charge in [-0.2, -0.15) is 5.10 Å². The molecule has 1 fully saturated rings. The van der Waals surface area contributed by atoms with Crippen molar-refractivity contribution in [2.45, 2.75) is 43.9 Å². The van der Waals surface area contributed by atoms with Crippen LogP contribution >= 0.6 is 10.7 Å². The number of nitrogens with one attached hydrogen (secondary N) is 2. The van der Waals surface area contributed by atoms with Crippen molar-refractivity contribution in [3.63, 3.8) is 0 Å². The van der Waals surface area contributed by atoms with Crippen LogP contribution in [-0.4, -0.2) is 31.1 Å². The molecule has 0 unspecified atom stereocenters. The normalized spacial score (nSPS) is 15.9. The van der Waals surface area contributed by atoms with Crippen LogP contribution in [0, 0.1) is 5.92 Å². The summed E-state index contributed by atoms with van der Waals surface area (Å²) in [6.07, 6.45) is 4.59. The highest BCUT2D eigenvalue weighted by Crippen LogP contribution is 2.26. The molecule has 6 nitrogen and oxygen atoms in total. The van der Waals surface area contributed by atoms with Crippen molar-refractivity contribution in [3.8, 4) is 0 Å². The fraction of sp³-hybridized carbons (Fsp3) is 0.667. The number of carbonyl (C=O) groups is 1. The van der Waals surface area contributed by atoms with Crippen LogP contribution in [0.3, 0.4) is 0 Å². The summed E-state index contributed by atoms with van der Waals surface area (Å²) in [7, 11) is 1.42. The zero-order chi connectivity index (χ0) is 14.8. The number of hydrogen-bond donors (Lipinski definition) is 2. The van der Waals surface area contributed by atoms with Gasteiger partial charge in [-0.3, -0.25) is 9.89 Å². The monoisotopic (exact) mass is 319 g/mol. The Morgan fingerprint density at radius 1 is 1.50 bits per heavy atom. The van der Waals surface area contributed by atoms with Crippen LogP contribution in [0.5, 0.6) is 0 Å². The quantitative estimate of drug-likeness (QED) is 0.782. The van der Waals surface area contributed by atoms with E-state index >= 15 is 0 Å². The summed E-state index contributed by atoms with van der Waals surface area (Å²) in [6, 6.07) is 0. The maximum absolute atomic E-state index is 12.1. The molecule has 1 aromatic heterocycles. The van der Waals surface area contributed by atoms with Gasteiger partial charge in [0.05, 0.1) is 5.69 Å². The van der Waals surface area contributed by atoms with Gasteiger partial charge in [0.2, 0.25) is 0 Å². The van der Waals surface area contributed by atoms with Crippen molar-refractivity contribution in [1.29, 1.82) is 0 Å². The second-order valence-corrected chi connectivity index (χ2v) is 7.58. The van der Waals surface area contributed by atoms with Gasteiger partial charge in [0, 0.05) is 17.2 Å². The van der Waals surface area contributed by atoms with Crippen LogP contribution in [0.25, 0.3) is 0 Å². The number of rotatable bonds is 6. The van der Waals surface area contributed by atoms with Crippen LogP contribution in [0.1, 0.15) is 48.8 Å². The molecule has 1 heterocycles. The van der Waals surface area contributed by atoms with E-state index in [2.05, 4.69) is 15.5 Å². The highest BCUT2D eigenvalue weighted by Gasteiger charge is 2.28. The van der Waals surface area contributed by atoms with E-state index in [4.69, 9.17) is 10.7 Å². The first-order valence-corrected chi connectivity index (χ1v) is 9.04. The molecule has 112 valence electrons. The SMILES string of the molecule is CCCc1[nH]nc(C(=O)NCC2CCC2)c1S(=O)(=O)Cl. The molecular formula is C12H18ClN3O3S. The Hall–Kier alpha value is -1.08. The number of amides is 1. The molecule has 0 bridgehead atoms. The molecule has 0 saturated heterocycles. The molecule has 1 saturated carbocycles.